The van der Waals surface area contributed by atoms with Crippen molar-refractivity contribution in [1.29, 1.82) is 0 Å². The summed E-state index contributed by atoms with van der Waals surface area (Å²) >= 11 is 0. The zero-order valence-electron chi connectivity index (χ0n) is 10.1. The van der Waals surface area contributed by atoms with Gasteiger partial charge in [-0.05, 0) is 44.6 Å². The molecule has 2 nitrogen and oxygen atoms in total. The maximum absolute atomic E-state index is 5.73. The van der Waals surface area contributed by atoms with Crippen LogP contribution in [-0.2, 0) is 4.74 Å². The molecule has 1 atom stereocenters. The SMILES string of the molecule is CCCNCC1(C2CCC2)CCCOC1. The molecule has 15 heavy (non-hydrogen) atoms. The zero-order chi connectivity index (χ0) is 10.6. The Hall–Kier alpha value is -0.0800. The van der Waals surface area contributed by atoms with Crippen LogP contribution in [0.5, 0.6) is 0 Å². The molecule has 2 fully saturated rings. The molecule has 0 aromatic heterocycles. The smallest absolute Gasteiger partial charge is 0.0537 e. The van der Waals surface area contributed by atoms with Gasteiger partial charge in [-0.25, -0.2) is 0 Å². The highest BCUT2D eigenvalue weighted by atomic mass is 16.5. The summed E-state index contributed by atoms with van der Waals surface area (Å²) < 4.78 is 5.73. The van der Waals surface area contributed by atoms with Crippen LogP contribution in [0.3, 0.4) is 0 Å². The highest BCUT2D eigenvalue weighted by Crippen LogP contribution is 2.46. The third-order valence-electron chi connectivity index (χ3n) is 4.23. The quantitative estimate of drug-likeness (QED) is 0.706. The fourth-order valence-corrected chi connectivity index (χ4v) is 3.01. The Kier molecular flexibility index (Phi) is 4.04. The maximum Gasteiger partial charge on any atom is 0.0537 e. The Bertz CT molecular complexity index is 183. The molecular weight excluding hydrogens is 186 g/mol. The molecule has 1 aliphatic carbocycles. The summed E-state index contributed by atoms with van der Waals surface area (Å²) in [5, 5.41) is 3.61. The van der Waals surface area contributed by atoms with E-state index in [1.807, 2.05) is 0 Å². The van der Waals surface area contributed by atoms with Crippen LogP contribution in [0.2, 0.25) is 0 Å². The molecule has 1 saturated carbocycles. The molecule has 0 spiro atoms. The van der Waals surface area contributed by atoms with Gasteiger partial charge in [0.05, 0.1) is 6.61 Å². The van der Waals surface area contributed by atoms with Crippen LogP contribution in [0, 0.1) is 11.3 Å². The Morgan fingerprint density at radius 2 is 2.20 bits per heavy atom. The minimum Gasteiger partial charge on any atom is -0.381 e. The van der Waals surface area contributed by atoms with Crippen molar-refractivity contribution in [1.82, 2.24) is 5.32 Å². The van der Waals surface area contributed by atoms with Crippen LogP contribution in [0.4, 0.5) is 0 Å². The van der Waals surface area contributed by atoms with Gasteiger partial charge < -0.3 is 10.1 Å². The van der Waals surface area contributed by atoms with E-state index in [4.69, 9.17) is 4.74 Å². The van der Waals surface area contributed by atoms with Crippen LogP contribution in [0.1, 0.15) is 45.4 Å². The monoisotopic (exact) mass is 211 g/mol. The fraction of sp³-hybridized carbons (Fsp3) is 1.00. The van der Waals surface area contributed by atoms with Crippen molar-refractivity contribution in [2.24, 2.45) is 11.3 Å². The summed E-state index contributed by atoms with van der Waals surface area (Å²) in [5.41, 5.74) is 0.492. The average Bonchev–Trinajstić information content (AvgIpc) is 2.17. The van der Waals surface area contributed by atoms with E-state index in [-0.39, 0.29) is 0 Å². The summed E-state index contributed by atoms with van der Waals surface area (Å²) in [6.45, 7) is 6.58. The number of hydrogen-bond acceptors (Lipinski definition) is 2. The third kappa shape index (κ3) is 2.54. The average molecular weight is 211 g/mol. The van der Waals surface area contributed by atoms with Crippen molar-refractivity contribution in [2.75, 3.05) is 26.3 Å². The Morgan fingerprint density at radius 3 is 2.73 bits per heavy atom. The number of ether oxygens (including phenoxy) is 1. The lowest BCUT2D eigenvalue weighted by Crippen LogP contribution is -2.48. The van der Waals surface area contributed by atoms with Crippen molar-refractivity contribution in [3.8, 4) is 0 Å². The van der Waals surface area contributed by atoms with Gasteiger partial charge in [0.1, 0.15) is 0 Å². The molecule has 0 aromatic rings. The first-order chi connectivity index (χ1) is 7.37. The van der Waals surface area contributed by atoms with Crippen LogP contribution < -0.4 is 5.32 Å². The van der Waals surface area contributed by atoms with Gasteiger partial charge in [-0.15, -0.1) is 0 Å². The van der Waals surface area contributed by atoms with Gasteiger partial charge in [-0.2, -0.15) is 0 Å². The van der Waals surface area contributed by atoms with Gasteiger partial charge in [0.15, 0.2) is 0 Å². The summed E-state index contributed by atoms with van der Waals surface area (Å²) in [5.74, 6) is 0.946. The molecule has 1 N–H and O–H groups in total. The lowest BCUT2D eigenvalue weighted by molar-refractivity contribution is -0.0627. The van der Waals surface area contributed by atoms with Gasteiger partial charge in [0, 0.05) is 18.6 Å². The van der Waals surface area contributed by atoms with Crippen molar-refractivity contribution in [3.63, 3.8) is 0 Å². The first-order valence-electron chi connectivity index (χ1n) is 6.66. The van der Waals surface area contributed by atoms with Crippen LogP contribution >= 0.6 is 0 Å². The van der Waals surface area contributed by atoms with Gasteiger partial charge in [-0.1, -0.05) is 13.3 Å². The molecule has 0 bridgehead atoms. The van der Waals surface area contributed by atoms with Crippen molar-refractivity contribution in [2.45, 2.75) is 45.4 Å². The minimum atomic E-state index is 0.492. The molecule has 0 radical (unpaired) electrons. The molecule has 2 aliphatic rings. The minimum absolute atomic E-state index is 0.492. The van der Waals surface area contributed by atoms with E-state index in [0.29, 0.717) is 5.41 Å². The standard InChI is InChI=1S/C13H25NO/c1-2-8-14-10-13(12-5-3-6-12)7-4-9-15-11-13/h12,14H,2-11H2,1H3. The van der Waals surface area contributed by atoms with E-state index in [1.54, 1.807) is 0 Å². The zero-order valence-corrected chi connectivity index (χ0v) is 10.1. The van der Waals surface area contributed by atoms with E-state index in [1.165, 1.54) is 45.1 Å². The third-order valence-corrected chi connectivity index (χ3v) is 4.23. The second kappa shape index (κ2) is 5.31. The van der Waals surface area contributed by atoms with Gasteiger partial charge in [0.2, 0.25) is 0 Å². The van der Waals surface area contributed by atoms with E-state index in [9.17, 15) is 0 Å². The number of nitrogens with one attached hydrogen (secondary N) is 1. The number of rotatable bonds is 5. The molecular formula is C13H25NO. The molecule has 0 amide bonds. The fourth-order valence-electron chi connectivity index (χ4n) is 3.01. The summed E-state index contributed by atoms with van der Waals surface area (Å²) in [6.07, 6.45) is 8.22. The topological polar surface area (TPSA) is 21.3 Å². The lowest BCUT2D eigenvalue weighted by atomic mass is 9.63. The summed E-state index contributed by atoms with van der Waals surface area (Å²) in [7, 11) is 0. The van der Waals surface area contributed by atoms with E-state index in [2.05, 4.69) is 12.2 Å². The second-order valence-corrected chi connectivity index (χ2v) is 5.32. The van der Waals surface area contributed by atoms with Crippen molar-refractivity contribution >= 4 is 0 Å². The second-order valence-electron chi connectivity index (χ2n) is 5.32. The highest BCUT2D eigenvalue weighted by Gasteiger charge is 2.42. The molecule has 1 heterocycles. The Morgan fingerprint density at radius 1 is 1.33 bits per heavy atom. The van der Waals surface area contributed by atoms with Crippen LogP contribution in [0.25, 0.3) is 0 Å². The molecule has 2 heteroatoms. The highest BCUT2D eigenvalue weighted by molar-refractivity contribution is 4.93. The summed E-state index contributed by atoms with van der Waals surface area (Å²) in [4.78, 5) is 0. The largest absolute Gasteiger partial charge is 0.381 e. The van der Waals surface area contributed by atoms with Crippen LogP contribution in [-0.4, -0.2) is 26.3 Å². The molecule has 1 aliphatic heterocycles. The Balaban J connectivity index is 1.88. The molecule has 1 unspecified atom stereocenters. The van der Waals surface area contributed by atoms with Gasteiger partial charge >= 0.3 is 0 Å². The van der Waals surface area contributed by atoms with Gasteiger partial charge in [-0.3, -0.25) is 0 Å². The van der Waals surface area contributed by atoms with Gasteiger partial charge in [0.25, 0.3) is 0 Å². The van der Waals surface area contributed by atoms with E-state index >= 15 is 0 Å². The molecule has 1 saturated heterocycles. The van der Waals surface area contributed by atoms with E-state index < -0.39 is 0 Å². The first kappa shape index (κ1) is 11.4. The van der Waals surface area contributed by atoms with Crippen LogP contribution in [0.15, 0.2) is 0 Å². The summed E-state index contributed by atoms with van der Waals surface area (Å²) in [6, 6.07) is 0. The molecule has 0 aromatic carbocycles. The predicted molar refractivity (Wildman–Crippen MR) is 63.0 cm³/mol. The maximum atomic E-state index is 5.73. The molecule has 2 rings (SSSR count). The van der Waals surface area contributed by atoms with E-state index in [0.717, 1.165) is 25.7 Å². The lowest BCUT2D eigenvalue weighted by Gasteiger charge is -2.47. The Labute approximate surface area is 93.8 Å². The predicted octanol–water partition coefficient (Wildman–Crippen LogP) is 2.58. The van der Waals surface area contributed by atoms with Crippen molar-refractivity contribution in [3.05, 3.63) is 0 Å². The first-order valence-corrected chi connectivity index (χ1v) is 6.66. The van der Waals surface area contributed by atoms with Crippen molar-refractivity contribution < 1.29 is 4.74 Å². The molecule has 88 valence electrons. The number of hydrogen-bond donors (Lipinski definition) is 1. The normalized spacial score (nSPS) is 32.6.